The molecular formula is C13H16N4O6S. The molecule has 0 spiro atoms. The zero-order chi connectivity index (χ0) is 17.5. The summed E-state index contributed by atoms with van der Waals surface area (Å²) in [5.74, 6) is -0.926. The molecule has 11 heteroatoms. The van der Waals surface area contributed by atoms with E-state index in [1.54, 1.807) is 10.7 Å². The van der Waals surface area contributed by atoms with E-state index >= 15 is 0 Å². The zero-order valence-corrected chi connectivity index (χ0v) is 13.6. The summed E-state index contributed by atoms with van der Waals surface area (Å²) in [4.78, 5) is 24.8. The molecule has 1 atom stereocenters. The number of rotatable bonds is 4. The van der Waals surface area contributed by atoms with Gasteiger partial charge in [0.15, 0.2) is 0 Å². The molecule has 2 N–H and O–H groups in total. The number of nitrogens with one attached hydrogen (secondary N) is 1. The summed E-state index contributed by atoms with van der Waals surface area (Å²) >= 11 is 0. The molecule has 130 valence electrons. The summed E-state index contributed by atoms with van der Waals surface area (Å²) < 4.78 is 29.0. The lowest BCUT2D eigenvalue weighted by atomic mass is 10.2. The van der Waals surface area contributed by atoms with E-state index in [4.69, 9.17) is 4.52 Å². The first kappa shape index (κ1) is 16.5. The van der Waals surface area contributed by atoms with Crippen LogP contribution >= 0.6 is 0 Å². The number of aliphatic hydroxyl groups excluding tert-OH is 1. The molecule has 3 heterocycles. The Balaban J connectivity index is 1.76. The first-order valence-electron chi connectivity index (χ1n) is 7.13. The van der Waals surface area contributed by atoms with E-state index < -0.39 is 33.2 Å². The van der Waals surface area contributed by atoms with Gasteiger partial charge in [-0.2, -0.15) is 10.3 Å². The SMILES string of the molecule is CS(=O)(=O)C[C@H](O)c1cc2n(n1)CCN(C(=O)c1cc(=O)[nH]o1)C2. The first-order valence-corrected chi connectivity index (χ1v) is 9.19. The maximum atomic E-state index is 12.3. The van der Waals surface area contributed by atoms with Crippen molar-refractivity contribution in [3.8, 4) is 0 Å². The summed E-state index contributed by atoms with van der Waals surface area (Å²) in [5, 5.41) is 16.2. The minimum Gasteiger partial charge on any atom is -0.386 e. The third-order valence-corrected chi connectivity index (χ3v) is 4.56. The lowest BCUT2D eigenvalue weighted by Crippen LogP contribution is -2.38. The third-order valence-electron chi connectivity index (χ3n) is 3.64. The van der Waals surface area contributed by atoms with Crippen LogP contribution in [0, 0.1) is 0 Å². The quantitative estimate of drug-likeness (QED) is 0.709. The fourth-order valence-electron chi connectivity index (χ4n) is 2.54. The number of aliphatic hydroxyl groups is 1. The van der Waals surface area contributed by atoms with Crippen molar-refractivity contribution in [2.45, 2.75) is 19.2 Å². The third kappa shape index (κ3) is 3.41. The summed E-state index contributed by atoms with van der Waals surface area (Å²) in [5.41, 5.74) is 0.416. The molecule has 2 aromatic heterocycles. The number of aromatic nitrogens is 3. The van der Waals surface area contributed by atoms with Crippen LogP contribution in [0.15, 0.2) is 21.5 Å². The van der Waals surface area contributed by atoms with Crippen LogP contribution in [0.2, 0.25) is 0 Å². The van der Waals surface area contributed by atoms with Gasteiger partial charge in [0.25, 0.3) is 11.5 Å². The number of aromatic amines is 1. The Morgan fingerprint density at radius 3 is 2.83 bits per heavy atom. The van der Waals surface area contributed by atoms with E-state index in [0.29, 0.717) is 18.8 Å². The molecule has 1 amide bonds. The highest BCUT2D eigenvalue weighted by Gasteiger charge is 2.27. The van der Waals surface area contributed by atoms with Gasteiger partial charge in [-0.05, 0) is 6.07 Å². The number of amides is 1. The molecule has 0 radical (unpaired) electrons. The van der Waals surface area contributed by atoms with Crippen LogP contribution in [0.4, 0.5) is 0 Å². The highest BCUT2D eigenvalue weighted by Crippen LogP contribution is 2.20. The van der Waals surface area contributed by atoms with Gasteiger partial charge in [-0.3, -0.25) is 14.3 Å². The minimum atomic E-state index is -3.34. The molecule has 0 aromatic carbocycles. The molecule has 0 fully saturated rings. The molecule has 1 aliphatic rings. The number of carbonyl (C=O) groups excluding carboxylic acids is 1. The van der Waals surface area contributed by atoms with Crippen molar-refractivity contribution in [3.63, 3.8) is 0 Å². The van der Waals surface area contributed by atoms with Crippen LogP contribution in [-0.2, 0) is 22.9 Å². The number of sulfone groups is 1. The second-order valence-electron chi connectivity index (χ2n) is 5.70. The molecule has 10 nitrogen and oxygen atoms in total. The number of fused-ring (bicyclic) bond motifs is 1. The number of nitrogens with zero attached hydrogens (tertiary/aromatic N) is 3. The van der Waals surface area contributed by atoms with Crippen LogP contribution in [0.3, 0.4) is 0 Å². The number of hydrogen-bond donors (Lipinski definition) is 2. The monoisotopic (exact) mass is 356 g/mol. The van der Waals surface area contributed by atoms with Crippen molar-refractivity contribution < 1.29 is 22.8 Å². The Bertz CT molecular complexity index is 924. The van der Waals surface area contributed by atoms with E-state index in [1.165, 1.54) is 4.90 Å². The lowest BCUT2D eigenvalue weighted by molar-refractivity contribution is 0.0663. The van der Waals surface area contributed by atoms with E-state index in [9.17, 15) is 23.1 Å². The number of H-pyrrole nitrogens is 1. The highest BCUT2D eigenvalue weighted by molar-refractivity contribution is 7.90. The van der Waals surface area contributed by atoms with Crippen molar-refractivity contribution in [1.82, 2.24) is 19.8 Å². The standard InChI is InChI=1S/C13H16N4O6S/c1-24(21,22)7-10(18)9-4-8-6-16(2-3-17(8)14-9)13(20)11-5-12(19)15-23-11/h4-5,10,18H,2-3,6-7H2,1H3,(H,15,19)/t10-/m0/s1. The molecule has 0 bridgehead atoms. The molecule has 3 rings (SSSR count). The van der Waals surface area contributed by atoms with Crippen LogP contribution in [-0.4, -0.2) is 57.8 Å². The maximum Gasteiger partial charge on any atom is 0.292 e. The normalized spacial score (nSPS) is 16.0. The van der Waals surface area contributed by atoms with E-state index in [1.807, 2.05) is 0 Å². The molecule has 0 saturated carbocycles. The zero-order valence-electron chi connectivity index (χ0n) is 12.8. The smallest absolute Gasteiger partial charge is 0.292 e. The van der Waals surface area contributed by atoms with Crippen molar-refractivity contribution in [2.24, 2.45) is 0 Å². The number of carbonyl (C=O) groups is 1. The van der Waals surface area contributed by atoms with E-state index in [-0.39, 0.29) is 18.0 Å². The van der Waals surface area contributed by atoms with Gasteiger partial charge in [0.1, 0.15) is 15.9 Å². The van der Waals surface area contributed by atoms with E-state index in [2.05, 4.69) is 10.3 Å². The molecular weight excluding hydrogens is 340 g/mol. The topological polar surface area (TPSA) is 138 Å². The fourth-order valence-corrected chi connectivity index (χ4v) is 3.29. The second-order valence-corrected chi connectivity index (χ2v) is 7.88. The average molecular weight is 356 g/mol. The van der Waals surface area contributed by atoms with Gasteiger partial charge in [-0.25, -0.2) is 8.42 Å². The maximum absolute atomic E-state index is 12.3. The van der Waals surface area contributed by atoms with Crippen molar-refractivity contribution in [1.29, 1.82) is 0 Å². The van der Waals surface area contributed by atoms with Gasteiger partial charge in [-0.15, -0.1) is 0 Å². The van der Waals surface area contributed by atoms with Crippen LogP contribution in [0.25, 0.3) is 0 Å². The van der Waals surface area contributed by atoms with Gasteiger partial charge >= 0.3 is 0 Å². The largest absolute Gasteiger partial charge is 0.386 e. The molecule has 0 unspecified atom stereocenters. The van der Waals surface area contributed by atoms with Crippen LogP contribution in [0.5, 0.6) is 0 Å². The van der Waals surface area contributed by atoms with Gasteiger partial charge < -0.3 is 14.5 Å². The number of hydrogen-bond acceptors (Lipinski definition) is 7. The van der Waals surface area contributed by atoms with Gasteiger partial charge in [-0.1, -0.05) is 0 Å². The average Bonchev–Trinajstić information content (AvgIpc) is 3.09. The Morgan fingerprint density at radius 1 is 1.46 bits per heavy atom. The van der Waals surface area contributed by atoms with E-state index in [0.717, 1.165) is 12.3 Å². The second kappa shape index (κ2) is 5.91. The molecule has 0 saturated heterocycles. The van der Waals surface area contributed by atoms with Crippen LogP contribution < -0.4 is 5.56 Å². The predicted octanol–water partition coefficient (Wildman–Crippen LogP) is -1.10. The molecule has 0 aliphatic carbocycles. The van der Waals surface area contributed by atoms with Gasteiger partial charge in [0.2, 0.25) is 5.76 Å². The Hall–Kier alpha value is -2.40. The van der Waals surface area contributed by atoms with Crippen LogP contribution in [0.1, 0.15) is 28.0 Å². The van der Waals surface area contributed by atoms with Gasteiger partial charge in [0, 0.05) is 12.8 Å². The van der Waals surface area contributed by atoms with Crippen molar-refractivity contribution >= 4 is 15.7 Å². The first-order chi connectivity index (χ1) is 11.2. The molecule has 24 heavy (non-hydrogen) atoms. The predicted molar refractivity (Wildman–Crippen MR) is 81.0 cm³/mol. The Kier molecular flexibility index (Phi) is 4.05. The highest BCUT2D eigenvalue weighted by atomic mass is 32.2. The Morgan fingerprint density at radius 2 is 2.21 bits per heavy atom. The van der Waals surface area contributed by atoms with Crippen molar-refractivity contribution in [3.05, 3.63) is 39.6 Å². The summed E-state index contributed by atoms with van der Waals surface area (Å²) in [6.07, 6.45) is -0.179. The lowest BCUT2D eigenvalue weighted by Gasteiger charge is -2.26. The minimum absolute atomic E-state index is 0.0784. The summed E-state index contributed by atoms with van der Waals surface area (Å²) in [6.45, 7) is 0.956. The summed E-state index contributed by atoms with van der Waals surface area (Å²) in [6, 6.07) is 2.65. The molecule has 1 aliphatic heterocycles. The van der Waals surface area contributed by atoms with Crippen molar-refractivity contribution in [2.75, 3.05) is 18.6 Å². The Labute approximate surface area is 136 Å². The van der Waals surface area contributed by atoms with Gasteiger partial charge in [0.05, 0.1) is 36.3 Å². The fraction of sp³-hybridized carbons (Fsp3) is 0.462. The summed E-state index contributed by atoms with van der Waals surface area (Å²) in [7, 11) is -3.34. The molecule has 2 aromatic rings.